The van der Waals surface area contributed by atoms with E-state index < -0.39 is 0 Å². The fourth-order valence-corrected chi connectivity index (χ4v) is 3.92. The highest BCUT2D eigenvalue weighted by Gasteiger charge is 2.36. The van der Waals surface area contributed by atoms with E-state index in [1.165, 1.54) is 0 Å². The molecule has 1 aromatic heterocycles. The molecule has 2 amide bonds. The number of carbonyl (C=O) groups excluding carboxylic acids is 2. The van der Waals surface area contributed by atoms with Crippen LogP contribution >= 0.6 is 0 Å². The van der Waals surface area contributed by atoms with Gasteiger partial charge >= 0.3 is 0 Å². The molecule has 0 saturated carbocycles. The topological polar surface area (TPSA) is 107 Å². The Morgan fingerprint density at radius 3 is 2.67 bits per heavy atom. The summed E-state index contributed by atoms with van der Waals surface area (Å²) in [6, 6.07) is 14.4. The Hall–Kier alpha value is -3.88. The highest BCUT2D eigenvalue weighted by atomic mass is 16.5. The van der Waals surface area contributed by atoms with Gasteiger partial charge in [0, 0.05) is 24.4 Å². The number of methoxy groups -OCH3 is 2. The third-order valence-corrected chi connectivity index (χ3v) is 5.80. The van der Waals surface area contributed by atoms with Crippen molar-refractivity contribution < 1.29 is 23.6 Å². The van der Waals surface area contributed by atoms with Gasteiger partial charge in [0.1, 0.15) is 0 Å². The molecule has 1 fully saturated rings. The monoisotopic (exact) mass is 450 g/mol. The molecule has 0 bridgehead atoms. The van der Waals surface area contributed by atoms with Gasteiger partial charge in [-0.2, -0.15) is 4.98 Å². The van der Waals surface area contributed by atoms with E-state index in [-0.39, 0.29) is 30.3 Å². The highest BCUT2D eigenvalue weighted by molar-refractivity contribution is 5.94. The van der Waals surface area contributed by atoms with Crippen LogP contribution in [-0.2, 0) is 11.3 Å². The Labute approximate surface area is 191 Å². The number of nitrogens with zero attached hydrogens (tertiary/aromatic N) is 3. The molecule has 0 radical (unpaired) electrons. The molecule has 2 atom stereocenters. The minimum atomic E-state index is -0.221. The fourth-order valence-electron chi connectivity index (χ4n) is 3.92. The van der Waals surface area contributed by atoms with Gasteiger partial charge in [-0.05, 0) is 36.8 Å². The van der Waals surface area contributed by atoms with Crippen molar-refractivity contribution in [3.05, 3.63) is 71.4 Å². The SMILES string of the molecule is COc1ccc(C(C)N2CC(c3noc(CNC(=O)c4ccccc4)n3)CC2=O)cc1OC. The van der Waals surface area contributed by atoms with Gasteiger partial charge in [-0.25, -0.2) is 0 Å². The Morgan fingerprint density at radius 1 is 1.18 bits per heavy atom. The molecular weight excluding hydrogens is 424 g/mol. The molecule has 2 unspecified atom stereocenters. The van der Waals surface area contributed by atoms with Crippen molar-refractivity contribution >= 4 is 11.8 Å². The molecule has 2 aromatic carbocycles. The number of rotatable bonds is 8. The van der Waals surface area contributed by atoms with Gasteiger partial charge in [0.15, 0.2) is 17.3 Å². The molecule has 1 aliphatic rings. The van der Waals surface area contributed by atoms with Gasteiger partial charge in [0.05, 0.1) is 26.8 Å². The van der Waals surface area contributed by atoms with Crippen LogP contribution in [0, 0.1) is 0 Å². The minimum absolute atomic E-state index is 0.0195. The number of aromatic nitrogens is 2. The zero-order chi connectivity index (χ0) is 23.4. The minimum Gasteiger partial charge on any atom is -0.493 e. The molecule has 4 rings (SSSR count). The maximum atomic E-state index is 12.8. The Balaban J connectivity index is 1.39. The van der Waals surface area contributed by atoms with Crippen molar-refractivity contribution in [2.24, 2.45) is 0 Å². The molecular formula is C24H26N4O5. The summed E-state index contributed by atoms with van der Waals surface area (Å²) in [6.07, 6.45) is 0.299. The highest BCUT2D eigenvalue weighted by Crippen LogP contribution is 2.36. The summed E-state index contributed by atoms with van der Waals surface area (Å²) in [5.41, 5.74) is 1.50. The number of nitrogens with one attached hydrogen (secondary N) is 1. The van der Waals surface area contributed by atoms with Gasteiger partial charge in [0.25, 0.3) is 5.91 Å². The van der Waals surface area contributed by atoms with Crippen molar-refractivity contribution in [2.45, 2.75) is 31.8 Å². The van der Waals surface area contributed by atoms with Crippen LogP contribution in [-0.4, -0.2) is 47.6 Å². The lowest BCUT2D eigenvalue weighted by Gasteiger charge is -2.25. The standard InChI is InChI=1S/C24H26N4O5/c1-15(17-9-10-19(31-2)20(11-17)32-3)28-14-18(12-22(28)29)23-26-21(33-27-23)13-25-24(30)16-7-5-4-6-8-16/h4-11,15,18H,12-14H2,1-3H3,(H,25,30). The van der Waals surface area contributed by atoms with Crippen molar-refractivity contribution in [2.75, 3.05) is 20.8 Å². The van der Waals surface area contributed by atoms with Gasteiger partial charge < -0.3 is 24.2 Å². The van der Waals surface area contributed by atoms with E-state index in [1.54, 1.807) is 43.4 Å². The third kappa shape index (κ3) is 4.82. The molecule has 9 heteroatoms. The molecule has 0 spiro atoms. The largest absolute Gasteiger partial charge is 0.493 e. The lowest BCUT2D eigenvalue weighted by atomic mass is 10.1. The van der Waals surface area contributed by atoms with Crippen LogP contribution in [0.1, 0.15) is 52.9 Å². The van der Waals surface area contributed by atoms with Crippen molar-refractivity contribution in [1.29, 1.82) is 0 Å². The summed E-state index contributed by atoms with van der Waals surface area (Å²) >= 11 is 0. The molecule has 0 aliphatic carbocycles. The lowest BCUT2D eigenvalue weighted by Crippen LogP contribution is -2.28. The molecule has 172 valence electrons. The average molecular weight is 450 g/mol. The summed E-state index contributed by atoms with van der Waals surface area (Å²) in [6.45, 7) is 2.57. The third-order valence-electron chi connectivity index (χ3n) is 5.80. The zero-order valence-corrected chi connectivity index (χ0v) is 18.8. The normalized spacial score (nSPS) is 16.5. The summed E-state index contributed by atoms with van der Waals surface area (Å²) in [5, 5.41) is 6.81. The molecule has 9 nitrogen and oxygen atoms in total. The first kappa shape index (κ1) is 22.3. The Morgan fingerprint density at radius 2 is 1.94 bits per heavy atom. The van der Waals surface area contributed by atoms with Gasteiger partial charge in [0.2, 0.25) is 11.8 Å². The predicted octanol–water partition coefficient (Wildman–Crippen LogP) is 3.09. The smallest absolute Gasteiger partial charge is 0.251 e. The number of hydrogen-bond donors (Lipinski definition) is 1. The second-order valence-electron chi connectivity index (χ2n) is 7.83. The van der Waals surface area contributed by atoms with Crippen LogP contribution in [0.4, 0.5) is 0 Å². The zero-order valence-electron chi connectivity index (χ0n) is 18.8. The van der Waals surface area contributed by atoms with E-state index in [0.717, 1.165) is 5.56 Å². The van der Waals surface area contributed by atoms with E-state index in [1.807, 2.05) is 31.2 Å². The van der Waals surface area contributed by atoms with Crippen LogP contribution in [0.3, 0.4) is 0 Å². The molecule has 3 aromatic rings. The van der Waals surface area contributed by atoms with Crippen LogP contribution in [0.25, 0.3) is 0 Å². The number of benzene rings is 2. The predicted molar refractivity (Wildman–Crippen MR) is 119 cm³/mol. The van der Waals surface area contributed by atoms with Crippen molar-refractivity contribution in [1.82, 2.24) is 20.4 Å². The van der Waals surface area contributed by atoms with Gasteiger partial charge in [-0.1, -0.05) is 29.4 Å². The Bertz CT molecular complexity index is 1130. The van der Waals surface area contributed by atoms with Crippen molar-refractivity contribution in [3.63, 3.8) is 0 Å². The second-order valence-corrected chi connectivity index (χ2v) is 7.83. The number of ether oxygens (including phenoxy) is 2. The summed E-state index contributed by atoms with van der Waals surface area (Å²) < 4.78 is 16.0. The quantitative estimate of drug-likeness (QED) is 0.562. The van der Waals surface area contributed by atoms with Crippen LogP contribution in [0.5, 0.6) is 11.5 Å². The van der Waals surface area contributed by atoms with E-state index >= 15 is 0 Å². The van der Waals surface area contributed by atoms with Crippen LogP contribution in [0.15, 0.2) is 53.1 Å². The second kappa shape index (κ2) is 9.72. The number of likely N-dealkylation sites (tertiary alicyclic amines) is 1. The number of carbonyl (C=O) groups is 2. The molecule has 1 aliphatic heterocycles. The summed E-state index contributed by atoms with van der Waals surface area (Å²) in [5.74, 6) is 1.64. The molecule has 33 heavy (non-hydrogen) atoms. The lowest BCUT2D eigenvalue weighted by molar-refractivity contribution is -0.129. The average Bonchev–Trinajstić information content (AvgIpc) is 3.48. The van der Waals surface area contributed by atoms with Gasteiger partial charge in [-0.3, -0.25) is 9.59 Å². The first-order valence-electron chi connectivity index (χ1n) is 10.7. The Kier molecular flexibility index (Phi) is 6.58. The number of amides is 2. The van der Waals surface area contributed by atoms with E-state index in [9.17, 15) is 9.59 Å². The molecule has 2 heterocycles. The van der Waals surface area contributed by atoms with Crippen LogP contribution < -0.4 is 14.8 Å². The maximum absolute atomic E-state index is 12.8. The van der Waals surface area contributed by atoms with E-state index in [4.69, 9.17) is 14.0 Å². The summed E-state index contributed by atoms with van der Waals surface area (Å²) in [7, 11) is 3.17. The van der Waals surface area contributed by atoms with Crippen molar-refractivity contribution in [3.8, 4) is 11.5 Å². The van der Waals surface area contributed by atoms with Gasteiger partial charge in [-0.15, -0.1) is 0 Å². The van der Waals surface area contributed by atoms with Crippen LogP contribution in [0.2, 0.25) is 0 Å². The van der Waals surface area contributed by atoms with E-state index in [0.29, 0.717) is 41.7 Å². The summed E-state index contributed by atoms with van der Waals surface area (Å²) in [4.78, 5) is 31.2. The first-order valence-corrected chi connectivity index (χ1v) is 10.7. The fraction of sp³-hybridized carbons (Fsp3) is 0.333. The molecule has 1 N–H and O–H groups in total. The maximum Gasteiger partial charge on any atom is 0.251 e. The van der Waals surface area contributed by atoms with E-state index in [2.05, 4.69) is 15.5 Å². The first-order chi connectivity index (χ1) is 16.0. The molecule has 1 saturated heterocycles. The number of hydrogen-bond acceptors (Lipinski definition) is 7.